The zero-order valence-corrected chi connectivity index (χ0v) is 15.3. The van der Waals surface area contributed by atoms with E-state index in [4.69, 9.17) is 0 Å². The van der Waals surface area contributed by atoms with Crippen LogP contribution >= 0.6 is 0 Å². The Balaban J connectivity index is 1.74. The summed E-state index contributed by atoms with van der Waals surface area (Å²) in [4.78, 5) is 32.5. The lowest BCUT2D eigenvalue weighted by molar-refractivity contribution is -0.137. The van der Waals surface area contributed by atoms with E-state index < -0.39 is 29.2 Å². The molecule has 0 spiro atoms. The van der Waals surface area contributed by atoms with E-state index in [9.17, 15) is 22.8 Å². The third-order valence-corrected chi connectivity index (χ3v) is 4.22. The van der Waals surface area contributed by atoms with Crippen molar-refractivity contribution in [3.05, 3.63) is 52.0 Å². The van der Waals surface area contributed by atoms with Gasteiger partial charge in [-0.05, 0) is 26.0 Å². The minimum atomic E-state index is -4.48. The fourth-order valence-corrected chi connectivity index (χ4v) is 2.84. The summed E-state index contributed by atoms with van der Waals surface area (Å²) in [6, 6.07) is 1.45. The zero-order chi connectivity index (χ0) is 20.6. The summed E-state index contributed by atoms with van der Waals surface area (Å²) < 4.78 is 40.5. The van der Waals surface area contributed by atoms with Crippen LogP contribution in [-0.2, 0) is 24.6 Å². The van der Waals surface area contributed by atoms with Crippen LogP contribution in [0.1, 0.15) is 29.9 Å². The number of aryl methyl sites for hydroxylation is 2. The molecule has 0 aliphatic rings. The second-order valence-electron chi connectivity index (χ2n) is 6.36. The maximum Gasteiger partial charge on any atom is 0.417 e. The Morgan fingerprint density at radius 2 is 2.00 bits per heavy atom. The number of hydrogen-bond acceptors (Lipinski definition) is 5. The highest BCUT2D eigenvalue weighted by molar-refractivity contribution is 5.78. The van der Waals surface area contributed by atoms with E-state index in [0.29, 0.717) is 17.4 Å². The van der Waals surface area contributed by atoms with Crippen molar-refractivity contribution in [3.63, 3.8) is 0 Å². The second-order valence-corrected chi connectivity index (χ2v) is 6.36. The van der Waals surface area contributed by atoms with Crippen LogP contribution in [-0.4, -0.2) is 30.2 Å². The summed E-state index contributed by atoms with van der Waals surface area (Å²) in [7, 11) is 1.74. The van der Waals surface area contributed by atoms with Crippen LogP contribution in [0, 0.1) is 6.92 Å². The summed E-state index contributed by atoms with van der Waals surface area (Å²) in [5.74, 6) is -0.529. The first kappa shape index (κ1) is 19.5. The van der Waals surface area contributed by atoms with Gasteiger partial charge in [0, 0.05) is 13.2 Å². The molecule has 3 heterocycles. The molecule has 0 radical (unpaired) electrons. The van der Waals surface area contributed by atoms with E-state index >= 15 is 0 Å². The summed E-state index contributed by atoms with van der Waals surface area (Å²) >= 11 is 0. The monoisotopic (exact) mass is 394 g/mol. The van der Waals surface area contributed by atoms with Crippen molar-refractivity contribution in [1.82, 2.24) is 29.6 Å². The molecule has 28 heavy (non-hydrogen) atoms. The van der Waals surface area contributed by atoms with Crippen molar-refractivity contribution in [2.75, 3.05) is 0 Å². The Morgan fingerprint density at radius 1 is 1.29 bits per heavy atom. The number of halogens is 3. The number of carbonyl (C=O) groups is 1. The van der Waals surface area contributed by atoms with E-state index in [1.54, 1.807) is 25.5 Å². The molecule has 1 N–H and O–H groups in total. The van der Waals surface area contributed by atoms with Gasteiger partial charge in [-0.1, -0.05) is 0 Å². The lowest BCUT2D eigenvalue weighted by Crippen LogP contribution is -2.35. The van der Waals surface area contributed by atoms with E-state index in [-0.39, 0.29) is 17.8 Å². The number of imidazole rings is 1. The summed E-state index contributed by atoms with van der Waals surface area (Å²) in [5.41, 5.74) is 0.225. The van der Waals surface area contributed by atoms with Gasteiger partial charge in [0.25, 0.3) is 5.56 Å². The number of rotatable bonds is 4. The van der Waals surface area contributed by atoms with E-state index in [1.165, 1.54) is 12.4 Å². The first-order valence-electron chi connectivity index (χ1n) is 8.29. The number of nitrogens with zero attached hydrogens (tertiary/aromatic N) is 5. The van der Waals surface area contributed by atoms with E-state index in [1.807, 2.05) is 0 Å². The highest BCUT2D eigenvalue weighted by atomic mass is 19.4. The molecule has 3 aromatic rings. The van der Waals surface area contributed by atoms with Crippen LogP contribution in [0.3, 0.4) is 0 Å². The number of nitrogens with one attached hydrogen (secondary N) is 1. The molecule has 0 fully saturated rings. The first-order valence-corrected chi connectivity index (χ1v) is 8.29. The third-order valence-electron chi connectivity index (χ3n) is 4.22. The Morgan fingerprint density at radius 3 is 2.61 bits per heavy atom. The number of carbonyl (C=O) groups excluding carboxylic acids is 1. The van der Waals surface area contributed by atoms with Crippen molar-refractivity contribution >= 4 is 16.9 Å². The van der Waals surface area contributed by atoms with Crippen molar-refractivity contribution in [1.29, 1.82) is 0 Å². The number of pyridine rings is 1. The molecule has 0 saturated heterocycles. The average molecular weight is 394 g/mol. The Hall–Kier alpha value is -3.24. The summed E-state index contributed by atoms with van der Waals surface area (Å²) in [6.07, 6.45) is -2.28. The Bertz CT molecular complexity index is 1090. The van der Waals surface area contributed by atoms with Crippen LogP contribution in [0.4, 0.5) is 13.2 Å². The van der Waals surface area contributed by atoms with Crippen molar-refractivity contribution in [2.24, 2.45) is 7.05 Å². The minimum Gasteiger partial charge on any atom is -0.346 e. The molecule has 8 nitrogen and oxygen atoms in total. The molecule has 1 amide bonds. The van der Waals surface area contributed by atoms with Crippen LogP contribution in [0.5, 0.6) is 0 Å². The van der Waals surface area contributed by atoms with Crippen LogP contribution in [0.15, 0.2) is 29.5 Å². The Labute approximate surface area is 157 Å². The normalized spacial score (nSPS) is 12.9. The fourth-order valence-electron chi connectivity index (χ4n) is 2.84. The lowest BCUT2D eigenvalue weighted by Gasteiger charge is -2.15. The van der Waals surface area contributed by atoms with Gasteiger partial charge in [-0.15, -0.1) is 0 Å². The molecule has 3 aromatic heterocycles. The number of fused-ring (bicyclic) bond motifs is 1. The van der Waals surface area contributed by atoms with Gasteiger partial charge in [0.05, 0.1) is 34.8 Å². The topological polar surface area (TPSA) is 94.7 Å². The van der Waals surface area contributed by atoms with Crippen LogP contribution in [0.25, 0.3) is 11.0 Å². The first-order chi connectivity index (χ1) is 13.1. The molecule has 3 rings (SSSR count). The van der Waals surface area contributed by atoms with Crippen molar-refractivity contribution < 1.29 is 18.0 Å². The molecule has 11 heteroatoms. The number of alkyl halides is 3. The SMILES string of the molecule is Cc1nn(CC(=O)NC(C)c2ccc(C(F)(F)F)cn2)c(=O)c2ncn(C)c12. The van der Waals surface area contributed by atoms with Gasteiger partial charge in [0.1, 0.15) is 6.54 Å². The maximum atomic E-state index is 12.6. The molecule has 1 unspecified atom stereocenters. The van der Waals surface area contributed by atoms with Crippen LogP contribution < -0.4 is 10.9 Å². The highest BCUT2D eigenvalue weighted by Gasteiger charge is 2.30. The fraction of sp³-hybridized carbons (Fsp3) is 0.353. The molecule has 0 saturated carbocycles. The molecule has 0 aliphatic carbocycles. The molecule has 1 atom stereocenters. The molecule has 148 valence electrons. The van der Waals surface area contributed by atoms with Gasteiger partial charge >= 0.3 is 6.18 Å². The standard InChI is InChI=1S/C17H17F3N6O2/c1-9(12-5-4-11(6-21-12)17(18,19)20)23-13(27)7-26-16(28)14-15(10(2)24-26)25(3)8-22-14/h4-6,8-9H,7H2,1-3H3,(H,23,27). The number of hydrogen-bond donors (Lipinski definition) is 1. The van der Waals surface area contributed by atoms with Gasteiger partial charge in [-0.3, -0.25) is 14.6 Å². The molecular formula is C17H17F3N6O2. The smallest absolute Gasteiger partial charge is 0.346 e. The molecular weight excluding hydrogens is 377 g/mol. The van der Waals surface area contributed by atoms with Crippen LogP contribution in [0.2, 0.25) is 0 Å². The maximum absolute atomic E-state index is 12.6. The average Bonchev–Trinajstić information content (AvgIpc) is 3.01. The van der Waals surface area contributed by atoms with Gasteiger partial charge in [-0.2, -0.15) is 18.3 Å². The quantitative estimate of drug-likeness (QED) is 0.727. The van der Waals surface area contributed by atoms with Gasteiger partial charge in [-0.25, -0.2) is 9.67 Å². The number of amides is 1. The summed E-state index contributed by atoms with van der Waals surface area (Å²) in [6.45, 7) is 2.93. The largest absolute Gasteiger partial charge is 0.417 e. The third kappa shape index (κ3) is 3.73. The zero-order valence-electron chi connectivity index (χ0n) is 15.3. The van der Waals surface area contributed by atoms with Gasteiger partial charge in [0.2, 0.25) is 5.91 Å². The van der Waals surface area contributed by atoms with E-state index in [0.717, 1.165) is 10.7 Å². The van der Waals surface area contributed by atoms with E-state index in [2.05, 4.69) is 20.4 Å². The van der Waals surface area contributed by atoms with Crippen molar-refractivity contribution in [2.45, 2.75) is 32.6 Å². The van der Waals surface area contributed by atoms with Gasteiger partial charge < -0.3 is 9.88 Å². The second kappa shape index (κ2) is 7.06. The molecule has 0 bridgehead atoms. The predicted octanol–water partition coefficient (Wildman–Crippen LogP) is 1.73. The van der Waals surface area contributed by atoms with Crippen molar-refractivity contribution in [3.8, 4) is 0 Å². The lowest BCUT2D eigenvalue weighted by atomic mass is 10.2. The summed E-state index contributed by atoms with van der Waals surface area (Å²) in [5, 5.41) is 6.73. The predicted molar refractivity (Wildman–Crippen MR) is 93.3 cm³/mol. The molecule has 0 aliphatic heterocycles. The highest BCUT2D eigenvalue weighted by Crippen LogP contribution is 2.28. The minimum absolute atomic E-state index is 0.209. The van der Waals surface area contributed by atoms with Gasteiger partial charge in [0.15, 0.2) is 5.52 Å². The Kier molecular flexibility index (Phi) is 4.92. The molecule has 0 aromatic carbocycles. The number of aromatic nitrogens is 5.